The van der Waals surface area contributed by atoms with E-state index in [1.807, 2.05) is 0 Å². The zero-order chi connectivity index (χ0) is 17.3. The number of nitrogen functional groups attached to an aromatic ring is 1. The molecule has 0 spiro atoms. The Hall–Kier alpha value is -1.83. The molecule has 24 heavy (non-hydrogen) atoms. The Kier molecular flexibility index (Phi) is 4.93. The molecule has 0 unspecified atom stereocenters. The van der Waals surface area contributed by atoms with Crippen molar-refractivity contribution in [2.75, 3.05) is 31.2 Å². The zero-order valence-electron chi connectivity index (χ0n) is 13.6. The quantitative estimate of drug-likeness (QED) is 0.813. The Bertz CT molecular complexity index is 778. The number of methoxy groups -OCH3 is 1. The van der Waals surface area contributed by atoms with Crippen LogP contribution in [0.4, 0.5) is 10.8 Å². The van der Waals surface area contributed by atoms with E-state index >= 15 is 0 Å². The van der Waals surface area contributed by atoms with E-state index in [2.05, 4.69) is 22.1 Å². The highest BCUT2D eigenvalue weighted by Crippen LogP contribution is 2.31. The maximum atomic E-state index is 12.6. The number of thiazole rings is 1. The highest BCUT2D eigenvalue weighted by atomic mass is 35.5. The lowest BCUT2D eigenvalue weighted by Crippen LogP contribution is -2.29. The van der Waals surface area contributed by atoms with Gasteiger partial charge in [-0.05, 0) is 12.6 Å². The van der Waals surface area contributed by atoms with Gasteiger partial charge < -0.3 is 10.5 Å². The highest BCUT2D eigenvalue weighted by Gasteiger charge is 2.22. The van der Waals surface area contributed by atoms with E-state index in [1.165, 1.54) is 29.4 Å². The van der Waals surface area contributed by atoms with E-state index in [1.54, 1.807) is 6.07 Å². The van der Waals surface area contributed by atoms with Crippen LogP contribution in [0, 0.1) is 0 Å². The molecule has 0 radical (unpaired) electrons. The monoisotopic (exact) mass is 366 g/mol. The number of ether oxygens (including phenoxy) is 1. The fourth-order valence-electron chi connectivity index (χ4n) is 2.65. The van der Waals surface area contributed by atoms with Crippen molar-refractivity contribution in [3.63, 3.8) is 0 Å². The minimum atomic E-state index is -0.313. The zero-order valence-corrected chi connectivity index (χ0v) is 15.1. The Balaban J connectivity index is 1.81. The Morgan fingerprint density at radius 1 is 1.54 bits per heavy atom. The molecule has 8 heteroatoms. The van der Waals surface area contributed by atoms with Crippen molar-refractivity contribution in [3.8, 4) is 5.75 Å². The lowest BCUT2D eigenvalue weighted by molar-refractivity contribution is 0.102. The first-order valence-corrected chi connectivity index (χ1v) is 8.86. The van der Waals surface area contributed by atoms with E-state index in [9.17, 15) is 4.79 Å². The van der Waals surface area contributed by atoms with Gasteiger partial charge in [0.1, 0.15) is 5.75 Å². The third kappa shape index (κ3) is 3.33. The van der Waals surface area contributed by atoms with E-state index < -0.39 is 0 Å². The van der Waals surface area contributed by atoms with Crippen LogP contribution in [0.2, 0.25) is 5.02 Å². The number of carbonyl (C=O) groups is 1. The minimum absolute atomic E-state index is 0.313. The molecular formula is C16H19ClN4O2S. The number of halogens is 1. The number of aromatic nitrogens is 1. The molecule has 128 valence electrons. The van der Waals surface area contributed by atoms with Crippen LogP contribution in [0.15, 0.2) is 12.1 Å². The Labute approximate surface area is 149 Å². The smallest absolute Gasteiger partial charge is 0.261 e. The van der Waals surface area contributed by atoms with Crippen molar-refractivity contribution in [1.29, 1.82) is 0 Å². The summed E-state index contributed by atoms with van der Waals surface area (Å²) in [5.41, 5.74) is 7.53. The average Bonchev–Trinajstić information content (AvgIpc) is 2.97. The molecule has 1 amide bonds. The molecule has 0 fully saturated rings. The van der Waals surface area contributed by atoms with Crippen LogP contribution >= 0.6 is 22.9 Å². The third-order valence-corrected chi connectivity index (χ3v) is 5.37. The minimum Gasteiger partial charge on any atom is -0.496 e. The number of nitrogens with zero attached hydrogens (tertiary/aromatic N) is 2. The SMILES string of the molecule is CCN1CCc2nc(NC(=O)c3cc(Cl)c(N)cc3OC)sc2C1. The lowest BCUT2D eigenvalue weighted by Gasteiger charge is -2.23. The van der Waals surface area contributed by atoms with E-state index in [0.717, 1.165) is 31.7 Å². The molecule has 1 aromatic carbocycles. The molecule has 3 rings (SSSR count). The van der Waals surface area contributed by atoms with Crippen LogP contribution in [0.1, 0.15) is 27.9 Å². The van der Waals surface area contributed by atoms with Gasteiger partial charge in [0.15, 0.2) is 5.13 Å². The van der Waals surface area contributed by atoms with Gasteiger partial charge in [-0.25, -0.2) is 4.98 Å². The summed E-state index contributed by atoms with van der Waals surface area (Å²) in [6, 6.07) is 3.06. The molecule has 1 aromatic heterocycles. The Morgan fingerprint density at radius 3 is 3.04 bits per heavy atom. The second-order valence-corrected chi connectivity index (χ2v) is 7.03. The van der Waals surface area contributed by atoms with E-state index in [4.69, 9.17) is 22.1 Å². The molecule has 0 atom stereocenters. The number of likely N-dealkylation sites (N-methyl/N-ethyl adjacent to an activating group) is 1. The first kappa shape index (κ1) is 17.0. The van der Waals surface area contributed by atoms with Crippen LogP contribution in [0.25, 0.3) is 0 Å². The van der Waals surface area contributed by atoms with Crippen LogP contribution in [0.5, 0.6) is 5.75 Å². The summed E-state index contributed by atoms with van der Waals surface area (Å²) in [7, 11) is 1.49. The summed E-state index contributed by atoms with van der Waals surface area (Å²) in [5, 5.41) is 3.75. The van der Waals surface area contributed by atoms with Crippen molar-refractivity contribution in [2.24, 2.45) is 0 Å². The molecule has 6 nitrogen and oxygen atoms in total. The number of anilines is 2. The number of hydrogen-bond acceptors (Lipinski definition) is 6. The van der Waals surface area contributed by atoms with Gasteiger partial charge in [0.2, 0.25) is 0 Å². The molecule has 3 N–H and O–H groups in total. The van der Waals surface area contributed by atoms with Gasteiger partial charge in [-0.1, -0.05) is 18.5 Å². The number of benzene rings is 1. The van der Waals surface area contributed by atoms with Crippen molar-refractivity contribution in [3.05, 3.63) is 33.3 Å². The second kappa shape index (κ2) is 6.96. The predicted molar refractivity (Wildman–Crippen MR) is 97.1 cm³/mol. The van der Waals surface area contributed by atoms with Crippen LogP contribution < -0.4 is 15.8 Å². The molecular weight excluding hydrogens is 348 g/mol. The van der Waals surface area contributed by atoms with Crippen molar-refractivity contribution >= 4 is 39.7 Å². The fraction of sp³-hybridized carbons (Fsp3) is 0.375. The molecule has 1 aliphatic rings. The van der Waals surface area contributed by atoms with Crippen molar-refractivity contribution < 1.29 is 9.53 Å². The average molecular weight is 367 g/mol. The normalized spacial score (nSPS) is 14.3. The summed E-state index contributed by atoms with van der Waals surface area (Å²) in [5.74, 6) is 0.0695. The number of hydrogen-bond donors (Lipinski definition) is 2. The molecule has 1 aliphatic heterocycles. The molecule has 0 saturated carbocycles. The second-order valence-electron chi connectivity index (χ2n) is 5.54. The van der Waals surface area contributed by atoms with Gasteiger partial charge >= 0.3 is 0 Å². The Morgan fingerprint density at radius 2 is 2.33 bits per heavy atom. The number of rotatable bonds is 4. The van der Waals surface area contributed by atoms with Gasteiger partial charge in [0.25, 0.3) is 5.91 Å². The van der Waals surface area contributed by atoms with E-state index in [-0.39, 0.29) is 5.91 Å². The first-order chi connectivity index (χ1) is 11.5. The summed E-state index contributed by atoms with van der Waals surface area (Å²) >= 11 is 7.54. The molecule has 2 heterocycles. The number of fused-ring (bicyclic) bond motifs is 1. The highest BCUT2D eigenvalue weighted by molar-refractivity contribution is 7.15. The van der Waals surface area contributed by atoms with Crippen molar-refractivity contribution in [2.45, 2.75) is 19.9 Å². The number of nitrogens with one attached hydrogen (secondary N) is 1. The van der Waals surface area contributed by atoms with Crippen molar-refractivity contribution in [1.82, 2.24) is 9.88 Å². The van der Waals surface area contributed by atoms with E-state index in [0.29, 0.717) is 27.2 Å². The predicted octanol–water partition coefficient (Wildman–Crippen LogP) is 3.02. The number of carbonyl (C=O) groups excluding carboxylic acids is 1. The number of amides is 1. The third-order valence-electron chi connectivity index (χ3n) is 4.04. The number of nitrogens with two attached hydrogens (primary N) is 1. The van der Waals surface area contributed by atoms with Crippen LogP contribution in [-0.2, 0) is 13.0 Å². The van der Waals surface area contributed by atoms with Crippen LogP contribution in [-0.4, -0.2) is 36.0 Å². The molecule has 0 aliphatic carbocycles. The van der Waals surface area contributed by atoms with Gasteiger partial charge in [0, 0.05) is 30.5 Å². The fourth-order valence-corrected chi connectivity index (χ4v) is 3.86. The lowest BCUT2D eigenvalue weighted by atomic mass is 10.1. The summed E-state index contributed by atoms with van der Waals surface area (Å²) in [6.07, 6.45) is 0.909. The van der Waals surface area contributed by atoms with Gasteiger partial charge in [0.05, 0.1) is 29.1 Å². The largest absolute Gasteiger partial charge is 0.496 e. The standard InChI is InChI=1S/C16H19ClN4O2S/c1-3-21-5-4-12-14(8-21)24-16(19-12)20-15(22)9-6-10(17)11(18)7-13(9)23-2/h6-7H,3-5,8,18H2,1-2H3,(H,19,20,22). The molecule has 2 aromatic rings. The first-order valence-electron chi connectivity index (χ1n) is 7.67. The molecule has 0 bridgehead atoms. The summed E-state index contributed by atoms with van der Waals surface area (Å²) < 4.78 is 5.23. The van der Waals surface area contributed by atoms with Gasteiger partial charge in [-0.2, -0.15) is 0 Å². The maximum Gasteiger partial charge on any atom is 0.261 e. The van der Waals surface area contributed by atoms with Gasteiger partial charge in [-0.3, -0.25) is 15.0 Å². The topological polar surface area (TPSA) is 80.5 Å². The molecule has 0 saturated heterocycles. The summed E-state index contributed by atoms with van der Waals surface area (Å²) in [6.45, 7) is 5.05. The maximum absolute atomic E-state index is 12.6. The summed E-state index contributed by atoms with van der Waals surface area (Å²) in [4.78, 5) is 20.7. The van der Waals surface area contributed by atoms with Gasteiger partial charge in [-0.15, -0.1) is 11.3 Å². The van der Waals surface area contributed by atoms with Crippen LogP contribution in [0.3, 0.4) is 0 Å².